The highest BCUT2D eigenvalue weighted by Crippen LogP contribution is 2.36. The van der Waals surface area contributed by atoms with Crippen LogP contribution in [-0.2, 0) is 4.79 Å². The monoisotopic (exact) mass is 285 g/mol. The van der Waals surface area contributed by atoms with E-state index in [-0.39, 0.29) is 17.2 Å². The number of carbonyl (C=O) groups is 1. The van der Waals surface area contributed by atoms with E-state index in [0.717, 1.165) is 5.76 Å². The number of nitrogens with zero attached hydrogens (tertiary/aromatic N) is 1. The Bertz CT molecular complexity index is 717. The van der Waals surface area contributed by atoms with Gasteiger partial charge in [-0.15, -0.1) is 0 Å². The third-order valence-electron chi connectivity index (χ3n) is 2.83. The van der Waals surface area contributed by atoms with E-state index < -0.39 is 0 Å². The van der Waals surface area contributed by atoms with E-state index in [0.29, 0.717) is 23.3 Å². The summed E-state index contributed by atoms with van der Waals surface area (Å²) in [5.74, 6) is 1.24. The lowest BCUT2D eigenvalue weighted by Crippen LogP contribution is -2.12. The molecular formula is C15H15N3O3. The van der Waals surface area contributed by atoms with Gasteiger partial charge in [-0.05, 0) is 38.1 Å². The molecule has 0 spiro atoms. The lowest BCUT2D eigenvalue weighted by atomic mass is 10.1. The summed E-state index contributed by atoms with van der Waals surface area (Å²) in [4.78, 5) is 10.8. The number of hydrogen-bond acceptors (Lipinski definition) is 6. The van der Waals surface area contributed by atoms with Crippen LogP contribution in [0, 0.1) is 12.3 Å². The summed E-state index contributed by atoms with van der Waals surface area (Å²) >= 11 is 0. The Labute approximate surface area is 121 Å². The molecule has 2 rings (SSSR count). The van der Waals surface area contributed by atoms with Crippen molar-refractivity contribution in [2.24, 2.45) is 5.10 Å². The van der Waals surface area contributed by atoms with Crippen LogP contribution in [0.3, 0.4) is 0 Å². The zero-order valence-electron chi connectivity index (χ0n) is 11.7. The molecule has 0 aliphatic rings. The summed E-state index contributed by atoms with van der Waals surface area (Å²) in [6.45, 7) is 3.27. The van der Waals surface area contributed by atoms with Crippen molar-refractivity contribution >= 4 is 23.4 Å². The van der Waals surface area contributed by atoms with Gasteiger partial charge in [0.15, 0.2) is 12.0 Å². The summed E-state index contributed by atoms with van der Waals surface area (Å²) in [6.07, 6.45) is 0.478. The standard InChI is InChI=1S/C15H15N3O3/c1-9-6-7-14(21-9)11-4-3-5-12(15(11)20)17-18-13(8-19)10(2)16/h3-8,16-17,20H,1-2H3/b16-10?,18-13+. The van der Waals surface area contributed by atoms with E-state index in [4.69, 9.17) is 9.83 Å². The molecule has 2 aromatic rings. The van der Waals surface area contributed by atoms with Crippen LogP contribution in [-0.4, -0.2) is 22.8 Å². The second-order valence-corrected chi connectivity index (χ2v) is 4.46. The zero-order chi connectivity index (χ0) is 15.4. The van der Waals surface area contributed by atoms with Crippen LogP contribution in [0.5, 0.6) is 5.75 Å². The lowest BCUT2D eigenvalue weighted by molar-refractivity contribution is -0.102. The Morgan fingerprint density at radius 3 is 2.71 bits per heavy atom. The van der Waals surface area contributed by atoms with Crippen LogP contribution in [0.25, 0.3) is 11.3 Å². The summed E-state index contributed by atoms with van der Waals surface area (Å²) < 4.78 is 5.48. The SMILES string of the molecule is CC(=N)/C(C=O)=N/Nc1cccc(-c2ccc(C)o2)c1O. The first-order valence-corrected chi connectivity index (χ1v) is 6.26. The molecule has 0 aliphatic carbocycles. The predicted octanol–water partition coefficient (Wildman–Crippen LogP) is 2.97. The third kappa shape index (κ3) is 3.17. The number of aromatic hydroxyl groups is 1. The molecule has 0 saturated carbocycles. The molecule has 0 bridgehead atoms. The van der Waals surface area contributed by atoms with Gasteiger partial charge in [-0.1, -0.05) is 6.07 Å². The number of nitrogens with one attached hydrogen (secondary N) is 2. The molecule has 6 nitrogen and oxygen atoms in total. The quantitative estimate of drug-likeness (QED) is 0.340. The summed E-state index contributed by atoms with van der Waals surface area (Å²) in [5, 5.41) is 21.4. The minimum Gasteiger partial charge on any atom is -0.505 e. The Morgan fingerprint density at radius 1 is 1.38 bits per heavy atom. The fourth-order valence-corrected chi connectivity index (χ4v) is 1.73. The van der Waals surface area contributed by atoms with E-state index in [1.54, 1.807) is 30.3 Å². The van der Waals surface area contributed by atoms with Gasteiger partial charge in [-0.3, -0.25) is 10.2 Å². The molecule has 6 heteroatoms. The fraction of sp³-hybridized carbons (Fsp3) is 0.133. The highest BCUT2D eigenvalue weighted by Gasteiger charge is 2.12. The first kappa shape index (κ1) is 14.5. The molecule has 0 amide bonds. The second-order valence-electron chi connectivity index (χ2n) is 4.46. The van der Waals surface area contributed by atoms with Gasteiger partial charge >= 0.3 is 0 Å². The smallest absolute Gasteiger partial charge is 0.172 e. The number of aryl methyl sites for hydroxylation is 1. The molecule has 108 valence electrons. The second kappa shape index (κ2) is 6.04. The summed E-state index contributed by atoms with van der Waals surface area (Å²) in [5.41, 5.74) is 3.43. The molecule has 1 heterocycles. The third-order valence-corrected chi connectivity index (χ3v) is 2.83. The maximum Gasteiger partial charge on any atom is 0.172 e. The van der Waals surface area contributed by atoms with Crippen molar-refractivity contribution in [3.63, 3.8) is 0 Å². The Kier molecular flexibility index (Phi) is 4.18. The first-order valence-electron chi connectivity index (χ1n) is 6.26. The van der Waals surface area contributed by atoms with Crippen molar-refractivity contribution in [3.8, 4) is 17.1 Å². The topological polar surface area (TPSA) is 98.7 Å². The van der Waals surface area contributed by atoms with Gasteiger partial charge in [0.2, 0.25) is 0 Å². The van der Waals surface area contributed by atoms with Crippen LogP contribution in [0.2, 0.25) is 0 Å². The predicted molar refractivity (Wildman–Crippen MR) is 81.1 cm³/mol. The van der Waals surface area contributed by atoms with Crippen molar-refractivity contribution in [3.05, 3.63) is 36.1 Å². The number of furan rings is 1. The van der Waals surface area contributed by atoms with E-state index >= 15 is 0 Å². The van der Waals surface area contributed by atoms with Gasteiger partial charge in [0.25, 0.3) is 0 Å². The fourth-order valence-electron chi connectivity index (χ4n) is 1.73. The Hall–Kier alpha value is -2.89. The molecular weight excluding hydrogens is 270 g/mol. The van der Waals surface area contributed by atoms with Crippen molar-refractivity contribution in [2.45, 2.75) is 13.8 Å². The number of benzene rings is 1. The maximum absolute atomic E-state index is 10.8. The molecule has 1 aromatic carbocycles. The molecule has 1 aromatic heterocycles. The van der Waals surface area contributed by atoms with Crippen LogP contribution in [0.4, 0.5) is 5.69 Å². The largest absolute Gasteiger partial charge is 0.505 e. The number of hydrazone groups is 1. The molecule has 0 fully saturated rings. The van der Waals surface area contributed by atoms with E-state index in [1.165, 1.54) is 6.92 Å². The molecule has 0 atom stereocenters. The van der Waals surface area contributed by atoms with Gasteiger partial charge in [-0.2, -0.15) is 5.10 Å². The molecule has 0 unspecified atom stereocenters. The minimum absolute atomic E-state index is 0.0337. The number of aldehydes is 1. The maximum atomic E-state index is 10.8. The highest BCUT2D eigenvalue weighted by molar-refractivity contribution is 6.60. The number of carbonyl (C=O) groups excluding carboxylic acids is 1. The molecule has 0 radical (unpaired) electrons. The summed E-state index contributed by atoms with van der Waals surface area (Å²) in [7, 11) is 0. The number of para-hydroxylation sites is 1. The van der Waals surface area contributed by atoms with Crippen LogP contribution in [0.1, 0.15) is 12.7 Å². The van der Waals surface area contributed by atoms with E-state index in [2.05, 4.69) is 10.5 Å². The van der Waals surface area contributed by atoms with Crippen molar-refractivity contribution in [1.82, 2.24) is 0 Å². The van der Waals surface area contributed by atoms with Crippen LogP contribution in [0.15, 0.2) is 39.9 Å². The highest BCUT2D eigenvalue weighted by atomic mass is 16.3. The van der Waals surface area contributed by atoms with Gasteiger partial charge in [0, 0.05) is 0 Å². The number of phenolic OH excluding ortho intramolecular Hbond substituents is 1. The van der Waals surface area contributed by atoms with Crippen molar-refractivity contribution < 1.29 is 14.3 Å². The lowest BCUT2D eigenvalue weighted by Gasteiger charge is -2.08. The number of rotatable bonds is 5. The Balaban J connectivity index is 2.34. The van der Waals surface area contributed by atoms with Gasteiger partial charge in [-0.25, -0.2) is 0 Å². The van der Waals surface area contributed by atoms with Gasteiger partial charge in [0.1, 0.15) is 17.2 Å². The molecule has 0 saturated heterocycles. The first-order chi connectivity index (χ1) is 10.0. The summed E-state index contributed by atoms with van der Waals surface area (Å²) in [6, 6.07) is 8.61. The average Bonchev–Trinajstić information content (AvgIpc) is 2.87. The molecule has 3 N–H and O–H groups in total. The number of hydrogen-bond donors (Lipinski definition) is 3. The van der Waals surface area contributed by atoms with Gasteiger partial charge < -0.3 is 14.9 Å². The Morgan fingerprint density at radius 2 is 2.14 bits per heavy atom. The van der Waals surface area contributed by atoms with Crippen molar-refractivity contribution in [1.29, 1.82) is 5.41 Å². The molecule has 21 heavy (non-hydrogen) atoms. The van der Waals surface area contributed by atoms with E-state index in [1.807, 2.05) is 6.92 Å². The average molecular weight is 285 g/mol. The van der Waals surface area contributed by atoms with Crippen LogP contribution < -0.4 is 5.43 Å². The molecule has 0 aliphatic heterocycles. The number of phenols is 1. The number of anilines is 1. The van der Waals surface area contributed by atoms with E-state index in [9.17, 15) is 9.90 Å². The van der Waals surface area contributed by atoms with Crippen LogP contribution >= 0.6 is 0 Å². The van der Waals surface area contributed by atoms with Gasteiger partial charge in [0.05, 0.1) is 17.0 Å². The minimum atomic E-state index is -0.0384. The zero-order valence-corrected chi connectivity index (χ0v) is 11.7. The van der Waals surface area contributed by atoms with Crippen molar-refractivity contribution in [2.75, 3.05) is 5.43 Å². The normalized spacial score (nSPS) is 11.2.